The molecule has 2 heterocycles. The van der Waals surface area contributed by atoms with Gasteiger partial charge in [-0.15, -0.1) is 11.6 Å². The second-order valence-corrected chi connectivity index (χ2v) is 6.86. The Bertz CT molecular complexity index is 1070. The number of nitrogens with two attached hydrogens (primary N) is 2. The summed E-state index contributed by atoms with van der Waals surface area (Å²) in [6.07, 6.45) is 0. The fourth-order valence-corrected chi connectivity index (χ4v) is 3.83. The molecule has 6 N–H and O–H groups in total. The molecule has 0 saturated heterocycles. The Kier molecular flexibility index (Phi) is 3.96. The van der Waals surface area contributed by atoms with Crippen LogP contribution < -0.4 is 16.4 Å². The van der Waals surface area contributed by atoms with E-state index in [9.17, 15) is 14.7 Å². The number of hydrogen-bond acceptors (Lipinski definition) is 4. The Morgan fingerprint density at radius 3 is 2.59 bits per heavy atom. The molecule has 1 aliphatic heterocycles. The van der Waals surface area contributed by atoms with Crippen molar-refractivity contribution in [2.24, 2.45) is 5.73 Å². The van der Waals surface area contributed by atoms with Gasteiger partial charge in [0.05, 0.1) is 11.2 Å². The number of carbonyl (C=O) groups is 2. The summed E-state index contributed by atoms with van der Waals surface area (Å²) in [5, 5.41) is 11.1. The lowest BCUT2D eigenvalue weighted by Gasteiger charge is -2.18. The minimum absolute atomic E-state index is 0.0680. The number of primary amides is 1. The molecule has 0 saturated carbocycles. The van der Waals surface area contributed by atoms with Crippen molar-refractivity contribution in [2.75, 3.05) is 23.1 Å². The summed E-state index contributed by atoms with van der Waals surface area (Å²) in [5.41, 5.74) is 14.1. The lowest BCUT2D eigenvalue weighted by molar-refractivity contribution is 0.0983. The number of alkyl halides is 1. The number of fused-ring (bicyclic) bond motifs is 3. The number of nitrogens with one attached hydrogen (secondary N) is 1. The number of halogens is 1. The van der Waals surface area contributed by atoms with Crippen molar-refractivity contribution in [3.8, 4) is 5.75 Å². The van der Waals surface area contributed by atoms with E-state index in [1.54, 1.807) is 35.2 Å². The third kappa shape index (κ3) is 2.67. The molecule has 1 aromatic heterocycles. The number of anilines is 2. The number of aromatic hydroxyl groups is 1. The van der Waals surface area contributed by atoms with Crippen LogP contribution in [0, 0.1) is 0 Å². The van der Waals surface area contributed by atoms with Gasteiger partial charge in [0, 0.05) is 41.0 Å². The Hall–Kier alpha value is -3.19. The van der Waals surface area contributed by atoms with Gasteiger partial charge >= 0.3 is 0 Å². The monoisotopic (exact) mass is 384 g/mol. The van der Waals surface area contributed by atoms with Crippen LogP contribution in [0.15, 0.2) is 36.4 Å². The fraction of sp³-hybridized carbons (Fsp3) is 0.158. The quantitative estimate of drug-likeness (QED) is 0.409. The van der Waals surface area contributed by atoms with Gasteiger partial charge in [-0.25, -0.2) is 0 Å². The van der Waals surface area contributed by atoms with Crippen molar-refractivity contribution < 1.29 is 14.7 Å². The molecule has 1 aliphatic rings. The summed E-state index contributed by atoms with van der Waals surface area (Å²) in [7, 11) is 0. The van der Waals surface area contributed by atoms with E-state index >= 15 is 0 Å². The van der Waals surface area contributed by atoms with Gasteiger partial charge in [0.25, 0.3) is 11.8 Å². The van der Waals surface area contributed by atoms with Crippen molar-refractivity contribution in [3.05, 3.63) is 53.2 Å². The van der Waals surface area contributed by atoms with Crippen LogP contribution in [-0.2, 0) is 0 Å². The maximum atomic E-state index is 13.0. The lowest BCUT2D eigenvalue weighted by atomic mass is 9.98. The van der Waals surface area contributed by atoms with Crippen LogP contribution >= 0.6 is 11.6 Å². The van der Waals surface area contributed by atoms with Gasteiger partial charge in [-0.3, -0.25) is 9.59 Å². The van der Waals surface area contributed by atoms with Crippen LogP contribution in [0.1, 0.15) is 32.3 Å². The van der Waals surface area contributed by atoms with Crippen LogP contribution in [0.3, 0.4) is 0 Å². The van der Waals surface area contributed by atoms with E-state index in [0.717, 1.165) is 5.56 Å². The zero-order valence-electron chi connectivity index (χ0n) is 14.2. The maximum Gasteiger partial charge on any atom is 0.265 e. The average Bonchev–Trinajstić information content (AvgIpc) is 3.24. The molecule has 0 spiro atoms. The SMILES string of the molecule is NC(=O)c1cc2c3c(cc(O)c2[nH]1)N(C(=O)c1ccc(N)cc1)CC3CCl. The standard InChI is InChI=1S/C19H17ClN4O3/c20-7-10-8-24(19(27)9-1-3-11(21)4-2-9)14-6-15(25)17-12(16(10)14)5-13(23-17)18(22)26/h1-6,10,23,25H,7-8,21H2,(H2,22,26). The molecule has 0 aliphatic carbocycles. The molecule has 8 heteroatoms. The Balaban J connectivity index is 1.87. The number of benzene rings is 2. The van der Waals surface area contributed by atoms with E-state index in [-0.39, 0.29) is 29.1 Å². The van der Waals surface area contributed by atoms with E-state index in [4.69, 9.17) is 23.1 Å². The summed E-state index contributed by atoms with van der Waals surface area (Å²) < 4.78 is 0. The molecular weight excluding hydrogens is 368 g/mol. The zero-order valence-corrected chi connectivity index (χ0v) is 15.0. The molecule has 2 aromatic carbocycles. The maximum absolute atomic E-state index is 13.0. The predicted octanol–water partition coefficient (Wildman–Crippen LogP) is 2.54. The average molecular weight is 385 g/mol. The first-order valence-corrected chi connectivity index (χ1v) is 8.86. The fourth-order valence-electron chi connectivity index (χ4n) is 3.58. The van der Waals surface area contributed by atoms with Crippen molar-refractivity contribution in [3.63, 3.8) is 0 Å². The molecule has 0 radical (unpaired) electrons. The molecule has 2 amide bonds. The molecule has 1 atom stereocenters. The van der Waals surface area contributed by atoms with E-state index < -0.39 is 5.91 Å². The van der Waals surface area contributed by atoms with Gasteiger partial charge < -0.3 is 26.5 Å². The highest BCUT2D eigenvalue weighted by atomic mass is 35.5. The number of aromatic nitrogens is 1. The molecule has 0 bridgehead atoms. The number of phenolic OH excluding ortho intramolecular Hbond substituents is 1. The van der Waals surface area contributed by atoms with Crippen LogP contribution in [0.25, 0.3) is 10.9 Å². The third-order valence-electron chi connectivity index (χ3n) is 4.87. The van der Waals surface area contributed by atoms with Gasteiger partial charge in [0.15, 0.2) is 0 Å². The largest absolute Gasteiger partial charge is 0.506 e. The lowest BCUT2D eigenvalue weighted by Crippen LogP contribution is -2.30. The Morgan fingerprint density at radius 2 is 1.96 bits per heavy atom. The van der Waals surface area contributed by atoms with Crippen molar-refractivity contribution >= 4 is 45.7 Å². The van der Waals surface area contributed by atoms with E-state index in [1.807, 2.05) is 0 Å². The Labute approximate surface area is 159 Å². The van der Waals surface area contributed by atoms with Crippen LogP contribution in [-0.4, -0.2) is 34.3 Å². The van der Waals surface area contributed by atoms with Crippen molar-refractivity contribution in [2.45, 2.75) is 5.92 Å². The second-order valence-electron chi connectivity index (χ2n) is 6.55. The molecule has 3 aromatic rings. The summed E-state index contributed by atoms with van der Waals surface area (Å²) in [6.45, 7) is 0.373. The summed E-state index contributed by atoms with van der Waals surface area (Å²) in [6, 6.07) is 9.74. The van der Waals surface area contributed by atoms with Crippen molar-refractivity contribution in [1.82, 2.24) is 4.98 Å². The second kappa shape index (κ2) is 6.21. The minimum atomic E-state index is -0.630. The third-order valence-corrected chi connectivity index (χ3v) is 5.24. The molecule has 4 rings (SSSR count). The summed E-state index contributed by atoms with van der Waals surface area (Å²) in [5.74, 6) is -0.765. The normalized spacial score (nSPS) is 15.9. The first-order valence-electron chi connectivity index (χ1n) is 8.32. The predicted molar refractivity (Wildman–Crippen MR) is 104 cm³/mol. The first kappa shape index (κ1) is 17.2. The summed E-state index contributed by atoms with van der Waals surface area (Å²) >= 11 is 6.16. The number of H-pyrrole nitrogens is 1. The topological polar surface area (TPSA) is 125 Å². The number of nitrogen functional groups attached to an aromatic ring is 1. The van der Waals surface area contributed by atoms with Gasteiger partial charge in [-0.2, -0.15) is 0 Å². The van der Waals surface area contributed by atoms with Gasteiger partial charge in [-0.1, -0.05) is 0 Å². The van der Waals surface area contributed by atoms with Crippen LogP contribution in [0.4, 0.5) is 11.4 Å². The number of hydrogen-bond donors (Lipinski definition) is 4. The first-order chi connectivity index (χ1) is 12.9. The molecule has 7 nitrogen and oxygen atoms in total. The van der Waals surface area contributed by atoms with Gasteiger partial charge in [0.1, 0.15) is 11.4 Å². The van der Waals surface area contributed by atoms with E-state index in [2.05, 4.69) is 4.98 Å². The van der Waals surface area contributed by atoms with E-state index in [0.29, 0.717) is 34.4 Å². The number of amides is 2. The van der Waals surface area contributed by atoms with Crippen LogP contribution in [0.5, 0.6) is 5.75 Å². The highest BCUT2D eigenvalue weighted by Crippen LogP contribution is 2.45. The number of rotatable bonds is 3. The highest BCUT2D eigenvalue weighted by Gasteiger charge is 2.35. The molecule has 0 fully saturated rings. The van der Waals surface area contributed by atoms with Gasteiger partial charge in [0.2, 0.25) is 0 Å². The molecule has 138 valence electrons. The van der Waals surface area contributed by atoms with Crippen molar-refractivity contribution in [1.29, 1.82) is 0 Å². The van der Waals surface area contributed by atoms with E-state index in [1.165, 1.54) is 6.07 Å². The smallest absolute Gasteiger partial charge is 0.265 e. The minimum Gasteiger partial charge on any atom is -0.506 e. The van der Waals surface area contributed by atoms with Crippen LogP contribution in [0.2, 0.25) is 0 Å². The molecule has 1 unspecified atom stereocenters. The molecular formula is C19H17ClN4O3. The summed E-state index contributed by atoms with van der Waals surface area (Å²) in [4.78, 5) is 29.0. The number of aromatic amines is 1. The highest BCUT2D eigenvalue weighted by molar-refractivity contribution is 6.19. The number of carbonyl (C=O) groups excluding carboxylic acids is 2. The van der Waals surface area contributed by atoms with Gasteiger partial charge in [-0.05, 0) is 35.9 Å². The number of phenols is 1. The zero-order chi connectivity index (χ0) is 19.3. The number of nitrogens with zero attached hydrogens (tertiary/aromatic N) is 1. The molecule has 27 heavy (non-hydrogen) atoms. The Morgan fingerprint density at radius 1 is 1.26 bits per heavy atom.